The van der Waals surface area contributed by atoms with Gasteiger partial charge in [0.15, 0.2) is 5.16 Å². The number of carbonyl (C=O) groups is 1. The highest BCUT2D eigenvalue weighted by Gasteiger charge is 2.31. The van der Waals surface area contributed by atoms with Gasteiger partial charge in [-0.3, -0.25) is 9.69 Å². The van der Waals surface area contributed by atoms with Crippen molar-refractivity contribution < 1.29 is 9.53 Å². The van der Waals surface area contributed by atoms with Gasteiger partial charge in [-0.05, 0) is 5.56 Å². The van der Waals surface area contributed by atoms with Gasteiger partial charge in [-0.15, -0.1) is 0 Å². The molecule has 1 aliphatic rings. The van der Waals surface area contributed by atoms with Crippen LogP contribution < -0.4 is 10.6 Å². The fourth-order valence-corrected chi connectivity index (χ4v) is 3.18. The molecule has 1 amide bonds. The molecule has 0 bridgehead atoms. The Morgan fingerprint density at radius 3 is 2.83 bits per heavy atom. The van der Waals surface area contributed by atoms with Crippen LogP contribution in [0.3, 0.4) is 0 Å². The van der Waals surface area contributed by atoms with Crippen LogP contribution in [0.25, 0.3) is 0 Å². The molecule has 0 unspecified atom stereocenters. The van der Waals surface area contributed by atoms with Crippen LogP contribution in [0, 0.1) is 0 Å². The Balaban J connectivity index is 1.86. The van der Waals surface area contributed by atoms with Gasteiger partial charge in [0.1, 0.15) is 11.6 Å². The van der Waals surface area contributed by atoms with Crippen LogP contribution >= 0.6 is 11.8 Å². The van der Waals surface area contributed by atoms with Crippen molar-refractivity contribution in [2.45, 2.75) is 18.1 Å². The summed E-state index contributed by atoms with van der Waals surface area (Å²) in [5, 5.41) is 0.575. The Kier molecular flexibility index (Phi) is 4.78. The Hall–Kier alpha value is -2.12. The molecule has 120 valence electrons. The second kappa shape index (κ2) is 6.97. The molecule has 0 radical (unpaired) electrons. The number of rotatable bonds is 6. The lowest BCUT2D eigenvalue weighted by molar-refractivity contribution is -0.117. The van der Waals surface area contributed by atoms with Crippen LogP contribution in [-0.2, 0) is 22.5 Å². The zero-order chi connectivity index (χ0) is 16.2. The Bertz CT molecular complexity index is 709. The number of amides is 1. The molecule has 0 saturated carbocycles. The van der Waals surface area contributed by atoms with Gasteiger partial charge in [0.05, 0.1) is 19.6 Å². The van der Waals surface area contributed by atoms with E-state index in [9.17, 15) is 4.79 Å². The zero-order valence-electron chi connectivity index (χ0n) is 12.9. The minimum atomic E-state index is 0.00361. The maximum Gasteiger partial charge on any atom is 0.233 e. The first-order chi connectivity index (χ1) is 11.2. The molecule has 3 rings (SSSR count). The lowest BCUT2D eigenvalue weighted by Gasteiger charge is -2.17. The number of methoxy groups -OCH3 is 1. The quantitative estimate of drug-likeness (QED) is 0.495. The summed E-state index contributed by atoms with van der Waals surface area (Å²) in [4.78, 5) is 22.8. The van der Waals surface area contributed by atoms with E-state index in [1.165, 1.54) is 11.8 Å². The number of ether oxygens (including phenoxy) is 1. The summed E-state index contributed by atoms with van der Waals surface area (Å²) in [5.41, 5.74) is 7.80. The van der Waals surface area contributed by atoms with Gasteiger partial charge < -0.3 is 10.5 Å². The second-order valence-corrected chi connectivity index (χ2v) is 6.24. The lowest BCUT2D eigenvalue weighted by atomic mass is 10.2. The zero-order valence-corrected chi connectivity index (χ0v) is 13.7. The predicted molar refractivity (Wildman–Crippen MR) is 90.4 cm³/mol. The van der Waals surface area contributed by atoms with E-state index in [0.29, 0.717) is 29.9 Å². The minimum absolute atomic E-state index is 0.00361. The van der Waals surface area contributed by atoms with Crippen LogP contribution in [0.2, 0.25) is 0 Å². The van der Waals surface area contributed by atoms with Gasteiger partial charge in [0, 0.05) is 18.4 Å². The van der Waals surface area contributed by atoms with Gasteiger partial charge in [0.25, 0.3) is 0 Å². The van der Waals surface area contributed by atoms with Crippen molar-refractivity contribution in [2.24, 2.45) is 0 Å². The van der Waals surface area contributed by atoms with Gasteiger partial charge in [0.2, 0.25) is 5.91 Å². The van der Waals surface area contributed by atoms with Crippen molar-refractivity contribution in [3.05, 3.63) is 41.5 Å². The first-order valence-electron chi connectivity index (χ1n) is 7.31. The van der Waals surface area contributed by atoms with Crippen molar-refractivity contribution >= 4 is 29.3 Å². The highest BCUT2D eigenvalue weighted by molar-refractivity contribution is 7.99. The van der Waals surface area contributed by atoms with Crippen LogP contribution in [0.4, 0.5) is 11.6 Å². The molecular formula is C16H18N4O2S. The average molecular weight is 330 g/mol. The van der Waals surface area contributed by atoms with E-state index < -0.39 is 0 Å². The number of aromatic nitrogens is 2. The molecule has 2 N–H and O–H groups in total. The third kappa shape index (κ3) is 3.46. The number of carbonyl (C=O) groups excluding carboxylic acids is 1. The summed E-state index contributed by atoms with van der Waals surface area (Å²) in [6.07, 6.45) is 0.261. The molecule has 0 spiro atoms. The summed E-state index contributed by atoms with van der Waals surface area (Å²) < 4.78 is 5.03. The summed E-state index contributed by atoms with van der Waals surface area (Å²) in [5.74, 6) is 1.76. The van der Waals surface area contributed by atoms with Crippen LogP contribution in [0.1, 0.15) is 11.1 Å². The molecule has 1 aromatic carbocycles. The number of hydrogen-bond donors (Lipinski definition) is 1. The fourth-order valence-electron chi connectivity index (χ4n) is 2.44. The molecule has 1 aliphatic heterocycles. The summed E-state index contributed by atoms with van der Waals surface area (Å²) >= 11 is 1.47. The van der Waals surface area contributed by atoms with E-state index in [1.807, 2.05) is 30.3 Å². The van der Waals surface area contributed by atoms with Gasteiger partial charge in [-0.2, -0.15) is 0 Å². The van der Waals surface area contributed by atoms with E-state index in [1.54, 1.807) is 12.0 Å². The van der Waals surface area contributed by atoms with Gasteiger partial charge in [-0.1, -0.05) is 42.1 Å². The van der Waals surface area contributed by atoms with Crippen molar-refractivity contribution in [1.29, 1.82) is 0 Å². The van der Waals surface area contributed by atoms with Gasteiger partial charge >= 0.3 is 0 Å². The third-order valence-corrected chi connectivity index (χ3v) is 4.40. The Morgan fingerprint density at radius 2 is 2.09 bits per heavy atom. The topological polar surface area (TPSA) is 81.3 Å². The number of hydrogen-bond acceptors (Lipinski definition) is 6. The van der Waals surface area contributed by atoms with Crippen LogP contribution in [-0.4, -0.2) is 35.3 Å². The number of nitrogen functional groups attached to an aromatic ring is 1. The smallest absolute Gasteiger partial charge is 0.233 e. The van der Waals surface area contributed by atoms with Gasteiger partial charge in [-0.25, -0.2) is 9.97 Å². The molecular weight excluding hydrogens is 312 g/mol. The first-order valence-corrected chi connectivity index (χ1v) is 8.30. The lowest BCUT2D eigenvalue weighted by Crippen LogP contribution is -2.26. The van der Waals surface area contributed by atoms with E-state index in [2.05, 4.69) is 9.97 Å². The number of nitrogens with two attached hydrogens (primary N) is 1. The molecule has 2 aromatic rings. The highest BCUT2D eigenvalue weighted by Crippen LogP contribution is 2.33. The number of nitrogens with zero attached hydrogens (tertiary/aromatic N) is 3. The fraction of sp³-hybridized carbons (Fsp3) is 0.312. The molecule has 7 heteroatoms. The minimum Gasteiger partial charge on any atom is -0.384 e. The predicted octanol–water partition coefficient (Wildman–Crippen LogP) is 1.89. The monoisotopic (exact) mass is 330 g/mol. The van der Waals surface area contributed by atoms with E-state index >= 15 is 0 Å². The Labute approximate surface area is 139 Å². The largest absolute Gasteiger partial charge is 0.384 e. The molecule has 0 aliphatic carbocycles. The van der Waals surface area contributed by atoms with Crippen LogP contribution in [0.5, 0.6) is 0 Å². The van der Waals surface area contributed by atoms with E-state index in [4.69, 9.17) is 10.5 Å². The van der Waals surface area contributed by atoms with E-state index in [-0.39, 0.29) is 12.3 Å². The summed E-state index contributed by atoms with van der Waals surface area (Å²) in [7, 11) is 1.65. The molecule has 0 saturated heterocycles. The maximum atomic E-state index is 12.3. The third-order valence-electron chi connectivity index (χ3n) is 3.58. The summed E-state index contributed by atoms with van der Waals surface area (Å²) in [6, 6.07) is 9.84. The molecule has 6 nitrogen and oxygen atoms in total. The maximum absolute atomic E-state index is 12.3. The highest BCUT2D eigenvalue weighted by atomic mass is 32.2. The second-order valence-electron chi connectivity index (χ2n) is 5.18. The molecule has 0 fully saturated rings. The average Bonchev–Trinajstić information content (AvgIpc) is 2.86. The van der Waals surface area contributed by atoms with Crippen molar-refractivity contribution in [1.82, 2.24) is 9.97 Å². The summed E-state index contributed by atoms with van der Waals surface area (Å²) in [6.45, 7) is 1.10. The van der Waals surface area contributed by atoms with Crippen molar-refractivity contribution in [3.8, 4) is 0 Å². The Morgan fingerprint density at radius 1 is 1.30 bits per heavy atom. The standard InChI is InChI=1S/C16H18N4O2S/c1-22-7-8-23-16-18-14(17)12-9-13(21)20(15(12)19-16)10-11-5-3-2-4-6-11/h2-6H,7-10H2,1H3,(H2,17,18,19). The van der Waals surface area contributed by atoms with Crippen molar-refractivity contribution in [3.63, 3.8) is 0 Å². The molecule has 2 heterocycles. The van der Waals surface area contributed by atoms with E-state index in [0.717, 1.165) is 16.9 Å². The molecule has 1 aromatic heterocycles. The van der Waals surface area contributed by atoms with Crippen molar-refractivity contribution in [2.75, 3.05) is 30.1 Å². The molecule has 23 heavy (non-hydrogen) atoms. The van der Waals surface area contributed by atoms with Crippen LogP contribution in [0.15, 0.2) is 35.5 Å². The number of anilines is 2. The SMILES string of the molecule is COCCSc1nc(N)c2c(n1)N(Cc1ccccc1)C(=O)C2. The normalized spacial score (nSPS) is 13.4. The number of fused-ring (bicyclic) bond motifs is 1. The molecule has 0 atom stereocenters. The first kappa shape index (κ1) is 15.8. The number of thioether (sulfide) groups is 1. The number of benzene rings is 1.